The van der Waals surface area contributed by atoms with Crippen LogP contribution in [0.1, 0.15) is 23.5 Å². The van der Waals surface area contributed by atoms with Gasteiger partial charge in [-0.15, -0.1) is 0 Å². The molecule has 0 fully saturated rings. The molecular weight excluding hydrogens is 288 g/mol. The molecule has 2 rings (SSSR count). The fourth-order valence-corrected chi connectivity index (χ4v) is 2.50. The van der Waals surface area contributed by atoms with Crippen LogP contribution in [-0.4, -0.2) is 39.2 Å². The van der Waals surface area contributed by atoms with Crippen LogP contribution < -0.4 is 4.74 Å². The van der Waals surface area contributed by atoms with E-state index in [4.69, 9.17) is 4.74 Å². The molecule has 0 saturated heterocycles. The number of benzene rings is 2. The standard InChI is InChI=1S/C16H18O6/c1-22-15-3-2-9(6-12(15)19)11(4-5-17)16-13(20)7-10(18)8-14(16)21/h2-3,6-8,11,17-21H,4-5H2,1H3. The van der Waals surface area contributed by atoms with Gasteiger partial charge >= 0.3 is 0 Å². The van der Waals surface area contributed by atoms with Crippen molar-refractivity contribution in [1.82, 2.24) is 0 Å². The Morgan fingerprint density at radius 3 is 2.09 bits per heavy atom. The Kier molecular flexibility index (Phi) is 4.62. The molecule has 6 nitrogen and oxygen atoms in total. The molecule has 1 atom stereocenters. The third kappa shape index (κ3) is 3.01. The molecular formula is C16H18O6. The summed E-state index contributed by atoms with van der Waals surface area (Å²) >= 11 is 0. The number of ether oxygens (including phenoxy) is 1. The number of phenols is 4. The van der Waals surface area contributed by atoms with E-state index in [1.165, 1.54) is 13.2 Å². The highest BCUT2D eigenvalue weighted by Gasteiger charge is 2.23. The smallest absolute Gasteiger partial charge is 0.160 e. The molecule has 6 heteroatoms. The Morgan fingerprint density at radius 2 is 1.59 bits per heavy atom. The zero-order valence-corrected chi connectivity index (χ0v) is 12.0. The van der Waals surface area contributed by atoms with E-state index in [1.54, 1.807) is 12.1 Å². The molecule has 2 aromatic rings. The molecule has 0 aliphatic heterocycles. The van der Waals surface area contributed by atoms with Crippen LogP contribution in [0.15, 0.2) is 30.3 Å². The maximum absolute atomic E-state index is 10.0. The SMILES string of the molecule is COc1ccc(C(CCO)c2c(O)cc(O)cc2O)cc1O. The minimum Gasteiger partial charge on any atom is -0.508 e. The monoisotopic (exact) mass is 306 g/mol. The molecule has 0 aliphatic rings. The molecule has 0 bridgehead atoms. The lowest BCUT2D eigenvalue weighted by atomic mass is 9.87. The van der Waals surface area contributed by atoms with Gasteiger partial charge in [0, 0.05) is 30.2 Å². The van der Waals surface area contributed by atoms with Crippen LogP contribution in [-0.2, 0) is 0 Å². The molecule has 5 N–H and O–H groups in total. The summed E-state index contributed by atoms with van der Waals surface area (Å²) in [4.78, 5) is 0. The van der Waals surface area contributed by atoms with E-state index in [2.05, 4.69) is 0 Å². The topological polar surface area (TPSA) is 110 Å². The molecule has 118 valence electrons. The molecule has 0 heterocycles. The van der Waals surface area contributed by atoms with Crippen molar-refractivity contribution in [3.63, 3.8) is 0 Å². The van der Waals surface area contributed by atoms with E-state index in [-0.39, 0.29) is 41.6 Å². The second-order valence-corrected chi connectivity index (χ2v) is 4.89. The lowest BCUT2D eigenvalue weighted by Gasteiger charge is -2.20. The summed E-state index contributed by atoms with van der Waals surface area (Å²) in [6.45, 7) is -0.183. The molecule has 0 aliphatic carbocycles. The van der Waals surface area contributed by atoms with Crippen LogP contribution in [0.4, 0.5) is 0 Å². The summed E-state index contributed by atoms with van der Waals surface area (Å²) in [6.07, 6.45) is 0.220. The van der Waals surface area contributed by atoms with Crippen molar-refractivity contribution >= 4 is 0 Å². The number of hydrogen-bond donors (Lipinski definition) is 5. The first-order valence-corrected chi connectivity index (χ1v) is 6.70. The zero-order valence-electron chi connectivity index (χ0n) is 12.0. The Bertz CT molecular complexity index is 645. The molecule has 0 aromatic heterocycles. The first kappa shape index (κ1) is 15.8. The molecule has 0 saturated carbocycles. The summed E-state index contributed by atoms with van der Waals surface area (Å²) in [5.74, 6) is -1.18. The molecule has 22 heavy (non-hydrogen) atoms. The minimum absolute atomic E-state index is 0.0827. The lowest BCUT2D eigenvalue weighted by molar-refractivity contribution is 0.279. The van der Waals surface area contributed by atoms with Crippen LogP contribution in [0.5, 0.6) is 28.7 Å². The van der Waals surface area contributed by atoms with Gasteiger partial charge in [0.25, 0.3) is 0 Å². The second-order valence-electron chi connectivity index (χ2n) is 4.89. The summed E-state index contributed by atoms with van der Waals surface area (Å²) in [5, 5.41) is 48.6. The second kappa shape index (κ2) is 6.44. The fraction of sp³-hybridized carbons (Fsp3) is 0.250. The van der Waals surface area contributed by atoms with E-state index in [9.17, 15) is 25.5 Å². The van der Waals surface area contributed by atoms with Crippen molar-refractivity contribution in [3.8, 4) is 28.7 Å². The van der Waals surface area contributed by atoms with Gasteiger partial charge in [0.15, 0.2) is 11.5 Å². The average Bonchev–Trinajstić information content (AvgIpc) is 2.45. The van der Waals surface area contributed by atoms with Crippen molar-refractivity contribution in [3.05, 3.63) is 41.5 Å². The normalized spacial score (nSPS) is 12.1. The number of methoxy groups -OCH3 is 1. The highest BCUT2D eigenvalue weighted by atomic mass is 16.5. The Hall–Kier alpha value is -2.60. The van der Waals surface area contributed by atoms with Crippen molar-refractivity contribution in [2.24, 2.45) is 0 Å². The number of rotatable bonds is 5. The minimum atomic E-state index is -0.553. The maximum atomic E-state index is 10.0. The Balaban J connectivity index is 2.53. The van der Waals surface area contributed by atoms with Crippen molar-refractivity contribution in [1.29, 1.82) is 0 Å². The summed E-state index contributed by atoms with van der Waals surface area (Å²) in [7, 11) is 1.43. The van der Waals surface area contributed by atoms with Crippen molar-refractivity contribution in [2.75, 3.05) is 13.7 Å². The van der Waals surface area contributed by atoms with E-state index in [0.29, 0.717) is 11.3 Å². The van der Waals surface area contributed by atoms with E-state index in [0.717, 1.165) is 12.1 Å². The fourth-order valence-electron chi connectivity index (χ4n) is 2.50. The summed E-state index contributed by atoms with van der Waals surface area (Å²) < 4.78 is 4.98. The summed E-state index contributed by atoms with van der Waals surface area (Å²) in [6, 6.07) is 6.91. The van der Waals surface area contributed by atoms with Gasteiger partial charge in [0.05, 0.1) is 7.11 Å². The first-order valence-electron chi connectivity index (χ1n) is 6.70. The third-order valence-electron chi connectivity index (χ3n) is 3.49. The van der Waals surface area contributed by atoms with Gasteiger partial charge in [0.1, 0.15) is 17.2 Å². The van der Waals surface area contributed by atoms with Gasteiger partial charge in [-0.05, 0) is 24.1 Å². The van der Waals surface area contributed by atoms with Crippen molar-refractivity contribution in [2.45, 2.75) is 12.3 Å². The van der Waals surface area contributed by atoms with Gasteiger partial charge < -0.3 is 30.3 Å². The molecule has 2 aromatic carbocycles. The lowest BCUT2D eigenvalue weighted by Crippen LogP contribution is -2.05. The maximum Gasteiger partial charge on any atom is 0.160 e. The zero-order chi connectivity index (χ0) is 16.3. The predicted octanol–water partition coefficient (Wildman–Crippen LogP) is 2.03. The third-order valence-corrected chi connectivity index (χ3v) is 3.49. The molecule has 1 unspecified atom stereocenters. The van der Waals surface area contributed by atoms with Gasteiger partial charge in [-0.25, -0.2) is 0 Å². The highest BCUT2D eigenvalue weighted by Crippen LogP contribution is 2.43. The van der Waals surface area contributed by atoms with Gasteiger partial charge in [0.2, 0.25) is 0 Å². The summed E-state index contributed by atoms with van der Waals surface area (Å²) in [5.41, 5.74) is 0.764. The van der Waals surface area contributed by atoms with E-state index < -0.39 is 5.92 Å². The largest absolute Gasteiger partial charge is 0.508 e. The Labute approximate surface area is 127 Å². The first-order chi connectivity index (χ1) is 10.5. The van der Waals surface area contributed by atoms with E-state index >= 15 is 0 Å². The van der Waals surface area contributed by atoms with Crippen molar-refractivity contribution < 1.29 is 30.3 Å². The van der Waals surface area contributed by atoms with Gasteiger partial charge in [-0.1, -0.05) is 6.07 Å². The highest BCUT2D eigenvalue weighted by molar-refractivity contribution is 5.55. The molecule has 0 spiro atoms. The van der Waals surface area contributed by atoms with Crippen LogP contribution in [0.3, 0.4) is 0 Å². The van der Waals surface area contributed by atoms with Gasteiger partial charge in [-0.2, -0.15) is 0 Å². The number of aliphatic hydroxyl groups excluding tert-OH is 1. The average molecular weight is 306 g/mol. The number of phenolic OH excluding ortho intramolecular Hbond substituents is 4. The molecule has 0 radical (unpaired) electrons. The quantitative estimate of drug-likeness (QED) is 0.578. The number of aromatic hydroxyl groups is 4. The van der Waals surface area contributed by atoms with Crippen LogP contribution in [0, 0.1) is 0 Å². The number of aliphatic hydroxyl groups is 1. The van der Waals surface area contributed by atoms with Gasteiger partial charge in [-0.3, -0.25) is 0 Å². The van der Waals surface area contributed by atoms with Crippen LogP contribution in [0.25, 0.3) is 0 Å². The molecule has 0 amide bonds. The Morgan fingerprint density at radius 1 is 0.955 bits per heavy atom. The number of hydrogen-bond acceptors (Lipinski definition) is 6. The predicted molar refractivity (Wildman–Crippen MR) is 79.6 cm³/mol. The van der Waals surface area contributed by atoms with Crippen LogP contribution in [0.2, 0.25) is 0 Å². The van der Waals surface area contributed by atoms with E-state index in [1.807, 2.05) is 0 Å². The van der Waals surface area contributed by atoms with Crippen LogP contribution >= 0.6 is 0 Å².